The fourth-order valence-corrected chi connectivity index (χ4v) is 5.58. The number of fused-ring (bicyclic) bond motifs is 1. The molecule has 1 spiro atoms. The van der Waals surface area contributed by atoms with Gasteiger partial charge in [0, 0.05) is 18.7 Å². The molecular weight excluding hydrogens is 564 g/mol. The first-order valence-electron chi connectivity index (χ1n) is 16.8. The second-order valence-electron chi connectivity index (χ2n) is 11.7. The van der Waals surface area contributed by atoms with Crippen molar-refractivity contribution >= 4 is 23.8 Å². The molecule has 1 atom stereocenters. The van der Waals surface area contributed by atoms with Crippen LogP contribution in [0.4, 0.5) is 0 Å². The van der Waals surface area contributed by atoms with Crippen LogP contribution >= 0.6 is 0 Å². The normalized spacial score (nSPS) is 20.6. The van der Waals surface area contributed by atoms with E-state index < -0.39 is 17.1 Å². The molecule has 248 valence electrons. The van der Waals surface area contributed by atoms with Gasteiger partial charge in [0.2, 0.25) is 17.7 Å². The number of para-hydroxylation sites is 1. The molecule has 2 aliphatic rings. The maximum absolute atomic E-state index is 13.6. The summed E-state index contributed by atoms with van der Waals surface area (Å²) < 4.78 is 6.06. The molecule has 1 aliphatic carbocycles. The van der Waals surface area contributed by atoms with E-state index in [1.807, 2.05) is 70.2 Å². The van der Waals surface area contributed by atoms with Gasteiger partial charge in [-0.05, 0) is 64.5 Å². The summed E-state index contributed by atoms with van der Waals surface area (Å²) in [4.78, 5) is 40.4. The number of hydrogen-bond donors (Lipinski definition) is 4. The van der Waals surface area contributed by atoms with Gasteiger partial charge in [-0.2, -0.15) is 0 Å². The minimum absolute atomic E-state index is 0.194. The van der Waals surface area contributed by atoms with E-state index in [9.17, 15) is 14.4 Å². The summed E-state index contributed by atoms with van der Waals surface area (Å²) in [5, 5.41) is 12.3. The maximum Gasteiger partial charge on any atom is 0.245 e. The average molecular weight is 621 g/mol. The number of carbonyl (C=O) groups excluding carboxylic acids is 3. The highest BCUT2D eigenvalue weighted by Crippen LogP contribution is 2.30. The molecule has 3 amide bonds. The molecule has 4 rings (SSSR count). The van der Waals surface area contributed by atoms with Crippen LogP contribution in [0.3, 0.4) is 0 Å². The van der Waals surface area contributed by atoms with Gasteiger partial charge in [-0.3, -0.25) is 19.7 Å². The van der Waals surface area contributed by atoms with E-state index in [0.29, 0.717) is 39.0 Å². The second-order valence-corrected chi connectivity index (χ2v) is 11.7. The Morgan fingerprint density at radius 1 is 0.911 bits per heavy atom. The standard InChI is InChI=1S/C33H44N4O4.2C2H6/c1-24-11-8-12-25(23-24)13-9-16-27-29(38)34-20-10-15-26-14-4-5-17-28(26)41-22-21-35-33(18-6-7-19-33)31(40)37-32(2,3)30(39)36-27;2*1-2/h4-5,8,10-12,14-15,17,23,27,35H,6-7,9,13,16,18-22H2,1-3H3,(H,34,38)(H,36,39)(H,37,40);2*1-2H3/b15-10+;;. The average Bonchev–Trinajstić information content (AvgIpc) is 3.53. The van der Waals surface area contributed by atoms with Gasteiger partial charge in [0.15, 0.2) is 0 Å². The third kappa shape index (κ3) is 11.3. The number of ether oxygens (including phenoxy) is 1. The molecule has 0 radical (unpaired) electrons. The summed E-state index contributed by atoms with van der Waals surface area (Å²) in [6.07, 6.45) is 9.06. The molecule has 1 unspecified atom stereocenters. The maximum atomic E-state index is 13.6. The Labute approximate surface area is 271 Å². The number of carbonyl (C=O) groups is 3. The molecule has 0 saturated heterocycles. The molecule has 1 aliphatic heterocycles. The van der Waals surface area contributed by atoms with E-state index in [-0.39, 0.29) is 17.7 Å². The van der Waals surface area contributed by atoms with E-state index >= 15 is 0 Å². The van der Waals surface area contributed by atoms with E-state index in [1.54, 1.807) is 13.8 Å². The second kappa shape index (κ2) is 19.0. The van der Waals surface area contributed by atoms with Crippen molar-refractivity contribution in [3.63, 3.8) is 0 Å². The van der Waals surface area contributed by atoms with Gasteiger partial charge in [-0.25, -0.2) is 0 Å². The zero-order valence-electron chi connectivity index (χ0n) is 28.6. The van der Waals surface area contributed by atoms with Crippen LogP contribution in [-0.4, -0.2) is 54.5 Å². The fourth-order valence-electron chi connectivity index (χ4n) is 5.58. The lowest BCUT2D eigenvalue weighted by Gasteiger charge is -2.35. The highest BCUT2D eigenvalue weighted by atomic mass is 16.5. The van der Waals surface area contributed by atoms with E-state index in [1.165, 1.54) is 11.1 Å². The largest absolute Gasteiger partial charge is 0.492 e. The van der Waals surface area contributed by atoms with Crippen molar-refractivity contribution in [3.05, 3.63) is 71.3 Å². The first-order valence-corrected chi connectivity index (χ1v) is 16.8. The van der Waals surface area contributed by atoms with Gasteiger partial charge in [-0.1, -0.05) is 101 Å². The molecule has 1 saturated carbocycles. The van der Waals surface area contributed by atoms with E-state index in [2.05, 4.69) is 46.4 Å². The van der Waals surface area contributed by atoms with Crippen molar-refractivity contribution in [2.24, 2.45) is 0 Å². The van der Waals surface area contributed by atoms with Crippen molar-refractivity contribution in [2.75, 3.05) is 19.7 Å². The first-order chi connectivity index (χ1) is 21.7. The third-order valence-electron chi connectivity index (χ3n) is 7.98. The van der Waals surface area contributed by atoms with Gasteiger partial charge in [0.05, 0.1) is 5.54 Å². The summed E-state index contributed by atoms with van der Waals surface area (Å²) in [6, 6.07) is 15.3. The topological polar surface area (TPSA) is 109 Å². The van der Waals surface area contributed by atoms with Crippen molar-refractivity contribution in [2.45, 2.75) is 111 Å². The molecule has 8 nitrogen and oxygen atoms in total. The van der Waals surface area contributed by atoms with Crippen LogP contribution in [-0.2, 0) is 20.8 Å². The molecule has 2 aromatic rings. The van der Waals surface area contributed by atoms with Crippen molar-refractivity contribution in [3.8, 4) is 5.75 Å². The molecule has 45 heavy (non-hydrogen) atoms. The zero-order chi connectivity index (χ0) is 33.3. The number of amides is 3. The highest BCUT2D eigenvalue weighted by molar-refractivity contribution is 5.96. The minimum Gasteiger partial charge on any atom is -0.492 e. The quantitative estimate of drug-likeness (QED) is 0.342. The number of hydrogen-bond acceptors (Lipinski definition) is 5. The Balaban J connectivity index is 0.00000169. The third-order valence-corrected chi connectivity index (χ3v) is 7.98. The molecule has 2 aromatic carbocycles. The lowest BCUT2D eigenvalue weighted by atomic mass is 9.93. The van der Waals surface area contributed by atoms with Crippen molar-refractivity contribution in [1.82, 2.24) is 21.3 Å². The SMILES string of the molecule is CC.CC.Cc1cccc(CCCC2NC(=O)C(C)(C)NC(=O)C3(CCCC3)NCCOc3ccccc3/C=C/CNC2=O)c1. The molecule has 4 N–H and O–H groups in total. The fraction of sp³-hybridized carbons (Fsp3) is 0.541. The number of nitrogens with one attached hydrogen (secondary N) is 4. The summed E-state index contributed by atoms with van der Waals surface area (Å²) in [6.45, 7) is 14.6. The molecular formula is C37H56N4O4. The molecule has 0 bridgehead atoms. The van der Waals surface area contributed by atoms with Gasteiger partial charge in [0.1, 0.15) is 23.9 Å². The van der Waals surface area contributed by atoms with E-state index in [4.69, 9.17) is 4.74 Å². The van der Waals surface area contributed by atoms with Crippen LogP contribution in [0.15, 0.2) is 54.6 Å². The van der Waals surface area contributed by atoms with Crippen LogP contribution < -0.4 is 26.0 Å². The van der Waals surface area contributed by atoms with Crippen LogP contribution in [0.2, 0.25) is 0 Å². The highest BCUT2D eigenvalue weighted by Gasteiger charge is 2.44. The van der Waals surface area contributed by atoms with Gasteiger partial charge in [-0.15, -0.1) is 0 Å². The van der Waals surface area contributed by atoms with Crippen LogP contribution in [0.5, 0.6) is 5.75 Å². The van der Waals surface area contributed by atoms with Crippen LogP contribution in [0.1, 0.15) is 96.8 Å². The number of benzene rings is 2. The molecule has 0 aromatic heterocycles. The number of aryl methyl sites for hydroxylation is 2. The van der Waals surface area contributed by atoms with Crippen LogP contribution in [0, 0.1) is 6.92 Å². The van der Waals surface area contributed by atoms with Gasteiger partial charge < -0.3 is 20.7 Å². The lowest BCUT2D eigenvalue weighted by Crippen LogP contribution is -2.64. The van der Waals surface area contributed by atoms with Crippen molar-refractivity contribution in [1.29, 1.82) is 0 Å². The Bertz CT molecular complexity index is 1250. The van der Waals surface area contributed by atoms with Crippen molar-refractivity contribution < 1.29 is 19.1 Å². The molecule has 1 heterocycles. The molecule has 1 fully saturated rings. The minimum atomic E-state index is -1.20. The first kappa shape index (κ1) is 37.5. The van der Waals surface area contributed by atoms with Gasteiger partial charge in [0.25, 0.3) is 0 Å². The Morgan fingerprint density at radius 3 is 2.33 bits per heavy atom. The van der Waals surface area contributed by atoms with Crippen LogP contribution in [0.25, 0.3) is 6.08 Å². The predicted molar refractivity (Wildman–Crippen MR) is 184 cm³/mol. The number of rotatable bonds is 4. The van der Waals surface area contributed by atoms with Gasteiger partial charge >= 0.3 is 0 Å². The summed E-state index contributed by atoms with van der Waals surface area (Å²) in [5.74, 6) is -0.0945. The Kier molecular flexibility index (Phi) is 15.8. The zero-order valence-corrected chi connectivity index (χ0v) is 28.6. The van der Waals surface area contributed by atoms with E-state index in [0.717, 1.165) is 37.0 Å². The monoisotopic (exact) mass is 620 g/mol. The molecule has 8 heteroatoms. The summed E-state index contributed by atoms with van der Waals surface area (Å²) >= 11 is 0. The smallest absolute Gasteiger partial charge is 0.245 e. The summed E-state index contributed by atoms with van der Waals surface area (Å²) in [5.41, 5.74) is 1.33. The lowest BCUT2D eigenvalue weighted by molar-refractivity contribution is -0.137. The Morgan fingerprint density at radius 2 is 1.62 bits per heavy atom. The summed E-state index contributed by atoms with van der Waals surface area (Å²) in [7, 11) is 0. The Hall–Kier alpha value is -3.65. The predicted octanol–water partition coefficient (Wildman–Crippen LogP) is 5.87.